The molecule has 10 heteroatoms. The normalized spacial score (nSPS) is 14.2. The minimum atomic E-state index is -0.696. The molecule has 1 atom stereocenters. The van der Waals surface area contributed by atoms with Crippen molar-refractivity contribution in [3.63, 3.8) is 0 Å². The first kappa shape index (κ1) is 37.3. The van der Waals surface area contributed by atoms with E-state index in [0.717, 1.165) is 55.3 Å². The summed E-state index contributed by atoms with van der Waals surface area (Å²) in [6, 6.07) is 11.9. The number of aromatic nitrogens is 1. The highest BCUT2D eigenvalue weighted by Crippen LogP contribution is 2.14. The van der Waals surface area contributed by atoms with Gasteiger partial charge in [0.15, 0.2) is 0 Å². The summed E-state index contributed by atoms with van der Waals surface area (Å²) in [6.45, 7) is 12.9. The van der Waals surface area contributed by atoms with E-state index in [0.29, 0.717) is 30.6 Å². The van der Waals surface area contributed by atoms with E-state index in [9.17, 15) is 14.4 Å². The van der Waals surface area contributed by atoms with Crippen LogP contribution in [0.3, 0.4) is 0 Å². The van der Waals surface area contributed by atoms with Crippen LogP contribution in [0.15, 0.2) is 54.2 Å². The molecule has 0 spiro atoms. The predicted molar refractivity (Wildman–Crippen MR) is 174 cm³/mol. The topological polar surface area (TPSA) is 142 Å². The Morgan fingerprint density at radius 3 is 2.42 bits per heavy atom. The first-order valence-electron chi connectivity index (χ1n) is 15.0. The lowest BCUT2D eigenvalue weighted by Crippen LogP contribution is -2.34. The number of nitrogens with one attached hydrogen (secondary N) is 2. The number of pyridine rings is 1. The maximum Gasteiger partial charge on any atom is 0.265 e. The molecule has 1 unspecified atom stereocenters. The Morgan fingerprint density at radius 1 is 1.26 bits per heavy atom. The van der Waals surface area contributed by atoms with Crippen LogP contribution in [0.5, 0.6) is 0 Å². The van der Waals surface area contributed by atoms with Crippen molar-refractivity contribution in [2.75, 3.05) is 38.7 Å². The molecule has 238 valence electrons. The smallest absolute Gasteiger partial charge is 0.265 e. The molecule has 1 aliphatic heterocycles. The highest BCUT2D eigenvalue weighted by molar-refractivity contribution is 6.11. The Hall–Kier alpha value is -3.76. The van der Waals surface area contributed by atoms with E-state index < -0.39 is 5.91 Å². The van der Waals surface area contributed by atoms with Crippen molar-refractivity contribution in [3.05, 3.63) is 65.8 Å². The Kier molecular flexibility index (Phi) is 18.2. The molecule has 2 aromatic rings. The fourth-order valence-corrected chi connectivity index (χ4v) is 4.29. The van der Waals surface area contributed by atoms with E-state index in [2.05, 4.69) is 47.9 Å². The Morgan fingerprint density at radius 2 is 1.95 bits per heavy atom. The van der Waals surface area contributed by atoms with Gasteiger partial charge in [-0.1, -0.05) is 32.6 Å². The Labute approximate surface area is 257 Å². The third-order valence-electron chi connectivity index (χ3n) is 6.89. The Balaban J connectivity index is 0.000000583. The van der Waals surface area contributed by atoms with E-state index in [1.807, 2.05) is 31.3 Å². The zero-order valence-corrected chi connectivity index (χ0v) is 26.6. The lowest BCUT2D eigenvalue weighted by Gasteiger charge is -2.19. The molecule has 10 nitrogen and oxygen atoms in total. The standard InChI is InChI=1S/C22H27N5O3.C6H14O.C5H11N/c1-16(20(23)29)27-13-6-7-19(21(27)24-2)22(30)25-15-17-8-10-18(11-9-17)26(3)12-4-5-14-28;1-6(2)4-3-5-7;1-5-3-2-4-6-5/h6-11,13-14H,1,4-5,12,15H2,2-3H3,(H2,23,29)(H,25,30);6-7H,3-5H2,1-2H3;5-6H,2-4H2,1H3. The second-order valence-electron chi connectivity index (χ2n) is 11.0. The number of hydrogen-bond acceptors (Lipinski definition) is 7. The molecule has 1 aromatic heterocycles. The molecule has 1 fully saturated rings. The predicted octanol–water partition coefficient (Wildman–Crippen LogP) is 3.49. The number of hydrogen-bond donors (Lipinski definition) is 4. The molecule has 0 bridgehead atoms. The number of carbonyl (C=O) groups is 3. The number of rotatable bonds is 13. The molecule has 43 heavy (non-hydrogen) atoms. The summed E-state index contributed by atoms with van der Waals surface area (Å²) in [7, 11) is 3.50. The second kappa shape index (κ2) is 21.0. The number of amides is 2. The average Bonchev–Trinajstić information content (AvgIpc) is 3.49. The molecule has 1 saturated heterocycles. The van der Waals surface area contributed by atoms with Crippen molar-refractivity contribution in [2.45, 2.75) is 71.9 Å². The van der Waals surface area contributed by atoms with Crippen LogP contribution in [-0.2, 0) is 16.1 Å². The van der Waals surface area contributed by atoms with Crippen LogP contribution >= 0.6 is 0 Å². The van der Waals surface area contributed by atoms with Crippen LogP contribution in [0.25, 0.3) is 5.70 Å². The first-order chi connectivity index (χ1) is 20.5. The highest BCUT2D eigenvalue weighted by Gasteiger charge is 2.13. The van der Waals surface area contributed by atoms with Gasteiger partial charge < -0.3 is 31.2 Å². The van der Waals surface area contributed by atoms with Gasteiger partial charge in [-0.15, -0.1) is 0 Å². The van der Waals surface area contributed by atoms with Gasteiger partial charge in [0.05, 0.1) is 5.56 Å². The highest BCUT2D eigenvalue weighted by atomic mass is 16.3. The molecule has 1 aliphatic rings. The molecule has 0 radical (unpaired) electrons. The van der Waals surface area contributed by atoms with Gasteiger partial charge in [0.25, 0.3) is 11.8 Å². The third-order valence-corrected chi connectivity index (χ3v) is 6.89. The van der Waals surface area contributed by atoms with E-state index in [1.165, 1.54) is 31.0 Å². The van der Waals surface area contributed by atoms with Crippen LogP contribution in [0.2, 0.25) is 0 Å². The number of anilines is 1. The van der Waals surface area contributed by atoms with Gasteiger partial charge in [-0.3, -0.25) is 19.1 Å². The van der Waals surface area contributed by atoms with Gasteiger partial charge in [-0.2, -0.15) is 0 Å². The summed E-state index contributed by atoms with van der Waals surface area (Å²) >= 11 is 0. The summed E-state index contributed by atoms with van der Waals surface area (Å²) < 4.78 is 1.40. The number of carbonyl (C=O) groups excluding carboxylic acids is 3. The van der Waals surface area contributed by atoms with Gasteiger partial charge in [-0.05, 0) is 81.3 Å². The number of aliphatic hydroxyl groups is 1. The second-order valence-corrected chi connectivity index (χ2v) is 11.0. The summed E-state index contributed by atoms with van der Waals surface area (Å²) in [5.41, 5.74) is 7.91. The third kappa shape index (κ3) is 14.3. The minimum Gasteiger partial charge on any atom is -0.396 e. The summed E-state index contributed by atoms with van der Waals surface area (Å²) in [4.78, 5) is 40.8. The zero-order valence-electron chi connectivity index (χ0n) is 26.6. The number of aliphatic hydroxyl groups excluding tert-OH is 1. The van der Waals surface area contributed by atoms with E-state index in [4.69, 9.17) is 10.8 Å². The van der Waals surface area contributed by atoms with Crippen LogP contribution in [0.1, 0.15) is 75.2 Å². The molecule has 2 amide bonds. The van der Waals surface area contributed by atoms with Crippen LogP contribution in [0.4, 0.5) is 5.69 Å². The van der Waals surface area contributed by atoms with Crippen molar-refractivity contribution in [2.24, 2.45) is 16.6 Å². The van der Waals surface area contributed by atoms with Crippen LogP contribution in [0, 0.1) is 5.92 Å². The molecule has 0 saturated carbocycles. The van der Waals surface area contributed by atoms with Gasteiger partial charge in [0.2, 0.25) is 0 Å². The number of aldehydes is 1. The van der Waals surface area contributed by atoms with Crippen molar-refractivity contribution in [1.82, 2.24) is 15.2 Å². The Bertz CT molecular complexity index is 1200. The SMILES string of the molecule is C=C(C(N)=O)n1cccc(C(=O)NCc2ccc(N(C)CCCC=O)cc2)c1=NC.CC(C)CCCO.CC1CCCN1. The molecule has 2 heterocycles. The summed E-state index contributed by atoms with van der Waals surface area (Å²) in [5.74, 6) is -0.275. The molecular formula is C33H52N6O4. The molecule has 1 aromatic carbocycles. The van der Waals surface area contributed by atoms with Gasteiger partial charge >= 0.3 is 0 Å². The fraction of sp³-hybridized carbons (Fsp3) is 0.515. The molecule has 5 N–H and O–H groups in total. The maximum absolute atomic E-state index is 12.7. The number of nitrogens with zero attached hydrogens (tertiary/aromatic N) is 3. The van der Waals surface area contributed by atoms with Crippen molar-refractivity contribution >= 4 is 29.5 Å². The van der Waals surface area contributed by atoms with E-state index >= 15 is 0 Å². The number of nitrogens with two attached hydrogens (primary N) is 1. The van der Waals surface area contributed by atoms with Crippen molar-refractivity contribution in [3.8, 4) is 0 Å². The average molecular weight is 597 g/mol. The van der Waals surface area contributed by atoms with Crippen molar-refractivity contribution in [1.29, 1.82) is 0 Å². The van der Waals surface area contributed by atoms with Crippen LogP contribution in [-0.4, -0.2) is 67.6 Å². The number of unbranched alkanes of at least 4 members (excludes halogenated alkanes) is 1. The monoisotopic (exact) mass is 596 g/mol. The number of primary amides is 1. The van der Waals surface area contributed by atoms with Crippen LogP contribution < -0.4 is 26.8 Å². The molecular weight excluding hydrogens is 544 g/mol. The molecule has 0 aliphatic carbocycles. The lowest BCUT2D eigenvalue weighted by atomic mass is 10.1. The van der Waals surface area contributed by atoms with Gasteiger partial charge in [-0.25, -0.2) is 0 Å². The molecule has 3 rings (SSSR count). The van der Waals surface area contributed by atoms with Gasteiger partial charge in [0.1, 0.15) is 17.5 Å². The summed E-state index contributed by atoms with van der Waals surface area (Å²) in [5, 5.41) is 14.5. The lowest BCUT2D eigenvalue weighted by molar-refractivity contribution is -0.113. The first-order valence-corrected chi connectivity index (χ1v) is 15.0. The summed E-state index contributed by atoms with van der Waals surface area (Å²) in [6.07, 6.45) is 8.72. The fourth-order valence-electron chi connectivity index (χ4n) is 4.29. The van der Waals surface area contributed by atoms with Crippen molar-refractivity contribution < 1.29 is 19.5 Å². The number of benzene rings is 1. The zero-order chi connectivity index (χ0) is 32.2. The minimum absolute atomic E-state index is 0.0260. The quantitative estimate of drug-likeness (QED) is 0.158. The maximum atomic E-state index is 12.7. The van der Waals surface area contributed by atoms with Gasteiger partial charge in [0, 0.05) is 58.1 Å². The van der Waals surface area contributed by atoms with E-state index in [-0.39, 0.29) is 11.6 Å². The largest absolute Gasteiger partial charge is 0.396 e. The van der Waals surface area contributed by atoms with E-state index in [1.54, 1.807) is 18.3 Å².